The van der Waals surface area contributed by atoms with Crippen LogP contribution in [-0.4, -0.2) is 61.6 Å². The van der Waals surface area contributed by atoms with Gasteiger partial charge in [0.1, 0.15) is 12.3 Å². The Hall–Kier alpha value is -3.10. The van der Waals surface area contributed by atoms with Gasteiger partial charge in [0.2, 0.25) is 5.91 Å². The predicted octanol–water partition coefficient (Wildman–Crippen LogP) is -0.103. The summed E-state index contributed by atoms with van der Waals surface area (Å²) >= 11 is 0. The molecule has 1 N–H and O–H groups in total. The molecule has 25 heavy (non-hydrogen) atoms. The largest absolute Gasteiger partial charge is 0.491 e. The van der Waals surface area contributed by atoms with Crippen LogP contribution in [0.25, 0.3) is 0 Å². The molecular formula is C16H17N3O6. The summed E-state index contributed by atoms with van der Waals surface area (Å²) in [4.78, 5) is 49.8. The lowest BCUT2D eigenvalue weighted by atomic mass is 10.2. The van der Waals surface area contributed by atoms with E-state index < -0.39 is 24.5 Å². The number of esters is 1. The summed E-state index contributed by atoms with van der Waals surface area (Å²) in [6.45, 7) is -0.0445. The minimum absolute atomic E-state index is 0.134. The first-order chi connectivity index (χ1) is 12.1. The molecular weight excluding hydrogens is 330 g/mol. The van der Waals surface area contributed by atoms with Crippen LogP contribution in [0.4, 0.5) is 10.5 Å². The van der Waals surface area contributed by atoms with Crippen molar-refractivity contribution in [3.63, 3.8) is 0 Å². The average Bonchev–Trinajstić information content (AvgIpc) is 2.97. The molecule has 2 aliphatic rings. The first-order valence-electron chi connectivity index (χ1n) is 7.82. The minimum atomic E-state index is -0.738. The SMILES string of the molecule is O=C(CN1C(=O)CCOc2ccccc21)OCC(=O)N1CCNC1=O. The van der Waals surface area contributed by atoms with Gasteiger partial charge < -0.3 is 14.8 Å². The molecule has 1 saturated heterocycles. The molecule has 0 atom stereocenters. The maximum atomic E-state index is 12.2. The summed E-state index contributed by atoms with van der Waals surface area (Å²) in [7, 11) is 0. The summed E-state index contributed by atoms with van der Waals surface area (Å²) in [5, 5.41) is 2.49. The van der Waals surface area contributed by atoms with Crippen molar-refractivity contribution in [1.82, 2.24) is 10.2 Å². The van der Waals surface area contributed by atoms with E-state index >= 15 is 0 Å². The van der Waals surface area contributed by atoms with E-state index in [9.17, 15) is 19.2 Å². The number of carbonyl (C=O) groups excluding carboxylic acids is 4. The fourth-order valence-corrected chi connectivity index (χ4v) is 2.60. The van der Waals surface area contributed by atoms with Crippen molar-refractivity contribution >= 4 is 29.5 Å². The molecule has 0 aromatic heterocycles. The van der Waals surface area contributed by atoms with Crippen molar-refractivity contribution in [3.8, 4) is 5.75 Å². The maximum Gasteiger partial charge on any atom is 0.326 e. The van der Waals surface area contributed by atoms with E-state index in [0.717, 1.165) is 4.90 Å². The van der Waals surface area contributed by atoms with E-state index in [1.165, 1.54) is 4.90 Å². The molecule has 132 valence electrons. The number of para-hydroxylation sites is 2. The van der Waals surface area contributed by atoms with Crippen LogP contribution < -0.4 is 15.0 Å². The zero-order valence-corrected chi connectivity index (χ0v) is 13.4. The third kappa shape index (κ3) is 3.70. The lowest BCUT2D eigenvalue weighted by Crippen LogP contribution is -2.39. The topological polar surface area (TPSA) is 105 Å². The van der Waals surface area contributed by atoms with E-state index in [1.807, 2.05) is 0 Å². The molecule has 0 aliphatic carbocycles. The molecule has 1 aromatic rings. The van der Waals surface area contributed by atoms with Gasteiger partial charge in [0, 0.05) is 13.1 Å². The molecule has 0 bridgehead atoms. The number of imide groups is 1. The van der Waals surface area contributed by atoms with Crippen LogP contribution in [0.3, 0.4) is 0 Å². The number of fused-ring (bicyclic) bond motifs is 1. The van der Waals surface area contributed by atoms with E-state index in [1.54, 1.807) is 24.3 Å². The molecule has 0 radical (unpaired) electrons. The summed E-state index contributed by atoms with van der Waals surface area (Å²) in [5.41, 5.74) is 0.479. The highest BCUT2D eigenvalue weighted by molar-refractivity contribution is 6.00. The Bertz CT molecular complexity index is 720. The van der Waals surface area contributed by atoms with Crippen molar-refractivity contribution in [2.45, 2.75) is 6.42 Å². The number of nitrogens with zero attached hydrogens (tertiary/aromatic N) is 2. The number of nitrogens with one attached hydrogen (secondary N) is 1. The van der Waals surface area contributed by atoms with Gasteiger partial charge in [-0.25, -0.2) is 4.79 Å². The fourth-order valence-electron chi connectivity index (χ4n) is 2.60. The molecule has 3 rings (SSSR count). The Morgan fingerprint density at radius 1 is 1.24 bits per heavy atom. The lowest BCUT2D eigenvalue weighted by molar-refractivity contribution is -0.149. The van der Waals surface area contributed by atoms with E-state index in [0.29, 0.717) is 18.0 Å². The molecule has 4 amide bonds. The van der Waals surface area contributed by atoms with Crippen LogP contribution in [0.5, 0.6) is 5.75 Å². The van der Waals surface area contributed by atoms with Gasteiger partial charge in [0.05, 0.1) is 18.7 Å². The first kappa shape index (κ1) is 16.7. The summed E-state index contributed by atoms with van der Waals surface area (Å²) in [6.07, 6.45) is 0.134. The fraction of sp³-hybridized carbons (Fsp3) is 0.375. The second-order valence-electron chi connectivity index (χ2n) is 5.48. The highest BCUT2D eigenvalue weighted by Gasteiger charge is 2.28. The van der Waals surface area contributed by atoms with Gasteiger partial charge in [-0.1, -0.05) is 12.1 Å². The molecule has 2 aliphatic heterocycles. The van der Waals surface area contributed by atoms with Crippen molar-refractivity contribution in [2.24, 2.45) is 0 Å². The van der Waals surface area contributed by atoms with E-state index in [2.05, 4.69) is 5.32 Å². The quantitative estimate of drug-likeness (QED) is 0.763. The molecule has 1 aromatic carbocycles. The summed E-state index contributed by atoms with van der Waals surface area (Å²) in [5.74, 6) is -1.11. The number of benzene rings is 1. The zero-order valence-electron chi connectivity index (χ0n) is 13.4. The molecule has 9 heteroatoms. The summed E-state index contributed by atoms with van der Waals surface area (Å²) in [6, 6.07) is 6.38. The first-order valence-corrected chi connectivity index (χ1v) is 7.82. The second kappa shape index (κ2) is 7.20. The molecule has 0 saturated carbocycles. The van der Waals surface area contributed by atoms with Gasteiger partial charge in [-0.15, -0.1) is 0 Å². The number of hydrogen-bond donors (Lipinski definition) is 1. The third-order valence-corrected chi connectivity index (χ3v) is 3.83. The zero-order chi connectivity index (χ0) is 17.8. The van der Waals surface area contributed by atoms with Crippen molar-refractivity contribution in [3.05, 3.63) is 24.3 Å². The number of carbonyl (C=O) groups is 4. The highest BCUT2D eigenvalue weighted by atomic mass is 16.5. The Balaban J connectivity index is 1.61. The molecule has 2 heterocycles. The number of amides is 4. The van der Waals surface area contributed by atoms with Crippen LogP contribution in [0.15, 0.2) is 24.3 Å². The van der Waals surface area contributed by atoms with Crippen LogP contribution in [0.2, 0.25) is 0 Å². The normalized spacial score (nSPS) is 16.6. The Kier molecular flexibility index (Phi) is 4.82. The Morgan fingerprint density at radius 2 is 2.04 bits per heavy atom. The highest BCUT2D eigenvalue weighted by Crippen LogP contribution is 2.30. The van der Waals surface area contributed by atoms with Gasteiger partial charge in [-0.3, -0.25) is 24.2 Å². The van der Waals surface area contributed by atoms with Crippen molar-refractivity contribution in [1.29, 1.82) is 0 Å². The van der Waals surface area contributed by atoms with Gasteiger partial charge in [-0.05, 0) is 12.1 Å². The van der Waals surface area contributed by atoms with Gasteiger partial charge in [-0.2, -0.15) is 0 Å². The van der Waals surface area contributed by atoms with Crippen LogP contribution in [0, 0.1) is 0 Å². The standard InChI is InChI=1S/C16H17N3O6/c20-13-5-8-24-12-4-2-1-3-11(12)19(13)9-15(22)25-10-14(21)18-7-6-17-16(18)23/h1-4H,5-10H2,(H,17,23). The Morgan fingerprint density at radius 3 is 2.80 bits per heavy atom. The molecule has 9 nitrogen and oxygen atoms in total. The monoisotopic (exact) mass is 347 g/mol. The third-order valence-electron chi connectivity index (χ3n) is 3.83. The second-order valence-corrected chi connectivity index (χ2v) is 5.48. The smallest absolute Gasteiger partial charge is 0.326 e. The Labute approximate surface area is 143 Å². The number of rotatable bonds is 4. The molecule has 0 unspecified atom stereocenters. The van der Waals surface area contributed by atoms with Crippen LogP contribution in [0.1, 0.15) is 6.42 Å². The van der Waals surface area contributed by atoms with E-state index in [4.69, 9.17) is 9.47 Å². The maximum absolute atomic E-state index is 12.2. The van der Waals surface area contributed by atoms with Crippen LogP contribution in [-0.2, 0) is 19.1 Å². The number of anilines is 1. The average molecular weight is 347 g/mol. The minimum Gasteiger partial charge on any atom is -0.491 e. The summed E-state index contributed by atoms with van der Waals surface area (Å²) < 4.78 is 10.4. The number of hydrogen-bond acceptors (Lipinski definition) is 6. The van der Waals surface area contributed by atoms with Crippen molar-refractivity contribution in [2.75, 3.05) is 37.7 Å². The number of urea groups is 1. The van der Waals surface area contributed by atoms with E-state index in [-0.39, 0.29) is 32.0 Å². The number of ether oxygens (including phenoxy) is 2. The van der Waals surface area contributed by atoms with Gasteiger partial charge in [0.15, 0.2) is 6.61 Å². The van der Waals surface area contributed by atoms with Gasteiger partial charge in [0.25, 0.3) is 5.91 Å². The van der Waals surface area contributed by atoms with Crippen LogP contribution >= 0.6 is 0 Å². The molecule has 0 spiro atoms. The van der Waals surface area contributed by atoms with Gasteiger partial charge >= 0.3 is 12.0 Å². The van der Waals surface area contributed by atoms with Crippen molar-refractivity contribution < 1.29 is 28.7 Å². The molecule has 1 fully saturated rings. The lowest BCUT2D eigenvalue weighted by Gasteiger charge is -2.21. The predicted molar refractivity (Wildman–Crippen MR) is 85.0 cm³/mol.